The summed E-state index contributed by atoms with van der Waals surface area (Å²) in [7, 11) is -3.41. The van der Waals surface area contributed by atoms with Crippen LogP contribution in [0.4, 0.5) is 14.5 Å². The van der Waals surface area contributed by atoms with Gasteiger partial charge in [-0.05, 0) is 55.9 Å². The minimum absolute atomic E-state index is 0.0517. The topological polar surface area (TPSA) is 68.3 Å². The van der Waals surface area contributed by atoms with E-state index in [1.54, 1.807) is 18.3 Å². The molecule has 0 unspecified atom stereocenters. The van der Waals surface area contributed by atoms with E-state index < -0.39 is 21.7 Å². The number of anilines is 1. The van der Waals surface area contributed by atoms with E-state index in [1.807, 2.05) is 0 Å². The van der Waals surface area contributed by atoms with Gasteiger partial charge in [0, 0.05) is 11.8 Å². The summed E-state index contributed by atoms with van der Waals surface area (Å²) in [5.41, 5.74) is 1.06. The summed E-state index contributed by atoms with van der Waals surface area (Å²) < 4.78 is 59.1. The third kappa shape index (κ3) is 5.23. The Morgan fingerprint density at radius 2 is 1.78 bits per heavy atom. The molecule has 1 aromatic heterocycles. The molecule has 1 aromatic carbocycles. The predicted molar refractivity (Wildman–Crippen MR) is 98.8 cm³/mol. The maximum Gasteiger partial charge on any atom is 0.229 e. The zero-order valence-electron chi connectivity index (χ0n) is 15.0. The van der Waals surface area contributed by atoms with Gasteiger partial charge in [-0.1, -0.05) is 6.07 Å². The Balaban J connectivity index is 1.58. The first-order valence-corrected chi connectivity index (χ1v) is 10.7. The molecule has 0 saturated heterocycles. The van der Waals surface area contributed by atoms with Crippen molar-refractivity contribution in [1.29, 1.82) is 0 Å². The van der Waals surface area contributed by atoms with Crippen LogP contribution in [0.15, 0.2) is 36.5 Å². The van der Waals surface area contributed by atoms with Crippen molar-refractivity contribution in [3.8, 4) is 0 Å². The van der Waals surface area contributed by atoms with Crippen molar-refractivity contribution in [1.82, 2.24) is 4.98 Å². The Morgan fingerprint density at radius 3 is 2.41 bits per heavy atom. The van der Waals surface area contributed by atoms with Crippen molar-refractivity contribution in [2.24, 2.45) is 0 Å². The van der Waals surface area contributed by atoms with Gasteiger partial charge in [0.25, 0.3) is 0 Å². The third-order valence-electron chi connectivity index (χ3n) is 4.72. The van der Waals surface area contributed by atoms with Gasteiger partial charge >= 0.3 is 0 Å². The molecule has 1 aliphatic rings. The van der Waals surface area contributed by atoms with Crippen LogP contribution < -0.4 is 4.72 Å². The SMILES string of the molecule is CS(=O)(=O)Nc1cccnc1COC1CCC(c2c(F)cccc2F)CC1. The molecule has 27 heavy (non-hydrogen) atoms. The molecule has 2 aromatic rings. The average Bonchev–Trinajstić information content (AvgIpc) is 2.61. The highest BCUT2D eigenvalue weighted by Crippen LogP contribution is 2.36. The highest BCUT2D eigenvalue weighted by molar-refractivity contribution is 7.92. The minimum atomic E-state index is -3.41. The van der Waals surface area contributed by atoms with E-state index in [4.69, 9.17) is 4.74 Å². The molecule has 1 aliphatic carbocycles. The normalized spacial score (nSPS) is 20.4. The maximum atomic E-state index is 13.9. The van der Waals surface area contributed by atoms with Gasteiger partial charge in [0.05, 0.1) is 30.3 Å². The van der Waals surface area contributed by atoms with E-state index in [2.05, 4.69) is 9.71 Å². The van der Waals surface area contributed by atoms with Crippen molar-refractivity contribution in [3.63, 3.8) is 0 Å². The van der Waals surface area contributed by atoms with Gasteiger partial charge in [0.15, 0.2) is 0 Å². The molecule has 0 bridgehead atoms. The Bertz CT molecular complexity index is 877. The molecule has 1 fully saturated rings. The molecule has 0 radical (unpaired) electrons. The van der Waals surface area contributed by atoms with Gasteiger partial charge in [-0.2, -0.15) is 0 Å². The van der Waals surface area contributed by atoms with E-state index >= 15 is 0 Å². The van der Waals surface area contributed by atoms with Gasteiger partial charge in [0.2, 0.25) is 10.0 Å². The van der Waals surface area contributed by atoms with Crippen LogP contribution in [0.1, 0.15) is 42.9 Å². The van der Waals surface area contributed by atoms with E-state index in [-0.39, 0.29) is 24.2 Å². The first kappa shape index (κ1) is 19.7. The summed E-state index contributed by atoms with van der Waals surface area (Å²) in [5, 5.41) is 0. The standard InChI is InChI=1S/C19H22F2N2O3S/c1-27(24,25)23-17-6-3-11-22-18(17)12-26-14-9-7-13(8-10-14)19-15(20)4-2-5-16(19)21/h2-6,11,13-14,23H,7-10,12H2,1H3. The number of rotatable bonds is 6. The number of sulfonamides is 1. The van der Waals surface area contributed by atoms with Crippen molar-refractivity contribution >= 4 is 15.7 Å². The number of nitrogens with one attached hydrogen (secondary N) is 1. The number of pyridine rings is 1. The Morgan fingerprint density at radius 1 is 1.11 bits per heavy atom. The van der Waals surface area contributed by atoms with Gasteiger partial charge in [-0.15, -0.1) is 0 Å². The highest BCUT2D eigenvalue weighted by Gasteiger charge is 2.27. The lowest BCUT2D eigenvalue weighted by atomic mass is 9.82. The van der Waals surface area contributed by atoms with Crippen LogP contribution in [0.25, 0.3) is 0 Å². The fraction of sp³-hybridized carbons (Fsp3) is 0.421. The Hall–Kier alpha value is -2.06. The lowest BCUT2D eigenvalue weighted by Crippen LogP contribution is -2.22. The second-order valence-corrected chi connectivity index (χ2v) is 8.54. The van der Waals surface area contributed by atoms with Crippen molar-refractivity contribution < 1.29 is 21.9 Å². The number of aromatic nitrogens is 1. The molecule has 1 N–H and O–H groups in total. The van der Waals surface area contributed by atoms with Crippen LogP contribution in [-0.2, 0) is 21.4 Å². The van der Waals surface area contributed by atoms with Gasteiger partial charge in [-0.3, -0.25) is 9.71 Å². The van der Waals surface area contributed by atoms with Crippen LogP contribution in [-0.4, -0.2) is 25.8 Å². The van der Waals surface area contributed by atoms with Crippen molar-refractivity contribution in [2.45, 2.75) is 44.3 Å². The number of halogens is 2. The number of nitrogens with zero attached hydrogens (tertiary/aromatic N) is 1. The minimum Gasteiger partial charge on any atom is -0.372 e. The molecule has 0 amide bonds. The predicted octanol–water partition coefficient (Wildman–Crippen LogP) is 3.97. The van der Waals surface area contributed by atoms with E-state index in [0.717, 1.165) is 6.26 Å². The fourth-order valence-corrected chi connectivity index (χ4v) is 4.05. The zero-order chi connectivity index (χ0) is 19.4. The molecule has 3 rings (SSSR count). The fourth-order valence-electron chi connectivity index (χ4n) is 3.46. The molecule has 0 aliphatic heterocycles. The van der Waals surface area contributed by atoms with Crippen molar-refractivity contribution in [3.05, 3.63) is 59.4 Å². The van der Waals surface area contributed by atoms with Crippen LogP contribution >= 0.6 is 0 Å². The highest BCUT2D eigenvalue weighted by atomic mass is 32.2. The summed E-state index contributed by atoms with van der Waals surface area (Å²) in [5.74, 6) is -1.14. The second-order valence-electron chi connectivity index (χ2n) is 6.79. The number of ether oxygens (including phenoxy) is 1. The second kappa shape index (κ2) is 8.31. The Labute approximate surface area is 157 Å². The maximum absolute atomic E-state index is 13.9. The lowest BCUT2D eigenvalue weighted by Gasteiger charge is -2.29. The molecule has 0 atom stereocenters. The van der Waals surface area contributed by atoms with E-state index in [0.29, 0.717) is 37.1 Å². The first-order valence-electron chi connectivity index (χ1n) is 8.80. The number of hydrogen-bond acceptors (Lipinski definition) is 4. The summed E-state index contributed by atoms with van der Waals surface area (Å²) in [4.78, 5) is 4.18. The van der Waals surface area contributed by atoms with E-state index in [1.165, 1.54) is 18.2 Å². The lowest BCUT2D eigenvalue weighted by molar-refractivity contribution is 0.0117. The largest absolute Gasteiger partial charge is 0.372 e. The molecule has 1 heterocycles. The molecule has 0 spiro atoms. The molecule has 8 heteroatoms. The van der Waals surface area contributed by atoms with Crippen LogP contribution in [0.2, 0.25) is 0 Å². The monoisotopic (exact) mass is 396 g/mol. The number of benzene rings is 1. The van der Waals surface area contributed by atoms with Crippen LogP contribution in [0.5, 0.6) is 0 Å². The zero-order valence-corrected chi connectivity index (χ0v) is 15.8. The van der Waals surface area contributed by atoms with Crippen LogP contribution in [0.3, 0.4) is 0 Å². The Kier molecular flexibility index (Phi) is 6.06. The molecule has 146 valence electrons. The molecular weight excluding hydrogens is 374 g/mol. The summed E-state index contributed by atoms with van der Waals surface area (Å²) in [6.45, 7) is 0.169. The molecule has 5 nitrogen and oxygen atoms in total. The van der Waals surface area contributed by atoms with E-state index in [9.17, 15) is 17.2 Å². The first-order chi connectivity index (χ1) is 12.8. The summed E-state index contributed by atoms with van der Waals surface area (Å²) in [6, 6.07) is 7.23. The average molecular weight is 396 g/mol. The smallest absolute Gasteiger partial charge is 0.229 e. The van der Waals surface area contributed by atoms with Crippen molar-refractivity contribution in [2.75, 3.05) is 11.0 Å². The van der Waals surface area contributed by atoms with Gasteiger partial charge in [0.1, 0.15) is 11.6 Å². The molecule has 1 saturated carbocycles. The molecular formula is C19H22F2N2O3S. The summed E-state index contributed by atoms with van der Waals surface area (Å²) in [6.07, 6.45) is 5.24. The van der Waals surface area contributed by atoms with Gasteiger partial charge in [-0.25, -0.2) is 17.2 Å². The third-order valence-corrected chi connectivity index (χ3v) is 5.31. The quantitative estimate of drug-likeness (QED) is 0.802. The van der Waals surface area contributed by atoms with Crippen LogP contribution in [0, 0.1) is 11.6 Å². The van der Waals surface area contributed by atoms with Gasteiger partial charge < -0.3 is 4.74 Å². The summed E-state index contributed by atoms with van der Waals surface area (Å²) >= 11 is 0. The number of hydrogen-bond donors (Lipinski definition) is 1.